The zero-order valence-electron chi connectivity index (χ0n) is 9.54. The molecule has 0 amide bonds. The molecule has 2 aliphatic rings. The Morgan fingerprint density at radius 1 is 1.40 bits per heavy atom. The van der Waals surface area contributed by atoms with Crippen molar-refractivity contribution in [2.24, 2.45) is 10.9 Å². The van der Waals surface area contributed by atoms with E-state index in [-0.39, 0.29) is 12.1 Å². The number of ether oxygens (including phenoxy) is 1. The highest BCUT2D eigenvalue weighted by Crippen LogP contribution is 2.31. The summed E-state index contributed by atoms with van der Waals surface area (Å²) in [6, 6.07) is 0. The molecular formula is C12H21NO2. The first-order valence-corrected chi connectivity index (χ1v) is 6.13. The van der Waals surface area contributed by atoms with Crippen LogP contribution in [0.5, 0.6) is 0 Å². The smallest absolute Gasteiger partial charge is 0.187 e. The van der Waals surface area contributed by atoms with Crippen LogP contribution >= 0.6 is 0 Å². The Kier molecular flexibility index (Phi) is 3.29. The lowest BCUT2D eigenvalue weighted by Crippen LogP contribution is -2.31. The third kappa shape index (κ3) is 2.17. The third-order valence-corrected chi connectivity index (χ3v) is 3.74. The van der Waals surface area contributed by atoms with Crippen LogP contribution in [0.2, 0.25) is 0 Å². The molecule has 1 N–H and O–H groups in total. The summed E-state index contributed by atoms with van der Waals surface area (Å²) in [5.41, 5.74) is -0.327. The van der Waals surface area contributed by atoms with Gasteiger partial charge in [0.1, 0.15) is 12.1 Å². The van der Waals surface area contributed by atoms with Gasteiger partial charge in [-0.25, -0.2) is 4.99 Å². The summed E-state index contributed by atoms with van der Waals surface area (Å²) in [7, 11) is 0. The van der Waals surface area contributed by atoms with E-state index in [1.807, 2.05) is 0 Å². The van der Waals surface area contributed by atoms with Crippen LogP contribution in [-0.4, -0.2) is 29.8 Å². The van der Waals surface area contributed by atoms with Crippen molar-refractivity contribution in [3.63, 3.8) is 0 Å². The Labute approximate surface area is 91.5 Å². The number of hydrogen-bond acceptors (Lipinski definition) is 3. The minimum atomic E-state index is -0.327. The average Bonchev–Trinajstić information content (AvgIpc) is 2.75. The van der Waals surface area contributed by atoms with Gasteiger partial charge in [0.25, 0.3) is 0 Å². The molecule has 0 aromatic rings. The Morgan fingerprint density at radius 3 is 2.67 bits per heavy atom. The fourth-order valence-electron chi connectivity index (χ4n) is 2.44. The van der Waals surface area contributed by atoms with E-state index >= 15 is 0 Å². The van der Waals surface area contributed by atoms with Gasteiger partial charge in [0, 0.05) is 5.92 Å². The summed E-state index contributed by atoms with van der Waals surface area (Å²) in [4.78, 5) is 4.62. The molecule has 1 unspecified atom stereocenters. The number of aliphatic imine (C=N–C) groups is 1. The Balaban J connectivity index is 2.04. The van der Waals surface area contributed by atoms with Gasteiger partial charge < -0.3 is 9.84 Å². The minimum Gasteiger partial charge on any atom is -0.478 e. The van der Waals surface area contributed by atoms with Crippen LogP contribution < -0.4 is 0 Å². The van der Waals surface area contributed by atoms with Crippen LogP contribution in [0.3, 0.4) is 0 Å². The van der Waals surface area contributed by atoms with Gasteiger partial charge in [0.15, 0.2) is 5.90 Å². The summed E-state index contributed by atoms with van der Waals surface area (Å²) in [5.74, 6) is 1.45. The summed E-state index contributed by atoms with van der Waals surface area (Å²) in [5, 5.41) is 9.35. The summed E-state index contributed by atoms with van der Waals surface area (Å²) in [6.45, 7) is 2.75. The summed E-state index contributed by atoms with van der Waals surface area (Å²) in [6.07, 6.45) is 7.23. The van der Waals surface area contributed by atoms with Crippen molar-refractivity contribution in [3.05, 3.63) is 0 Å². The van der Waals surface area contributed by atoms with E-state index in [0.717, 1.165) is 12.3 Å². The van der Waals surface area contributed by atoms with Crippen LogP contribution in [0.15, 0.2) is 4.99 Å². The lowest BCUT2D eigenvalue weighted by molar-refractivity contribution is 0.151. The molecule has 0 spiro atoms. The first-order chi connectivity index (χ1) is 7.29. The van der Waals surface area contributed by atoms with E-state index in [1.165, 1.54) is 32.1 Å². The molecular weight excluding hydrogens is 190 g/mol. The molecule has 0 bridgehead atoms. The molecule has 0 radical (unpaired) electrons. The summed E-state index contributed by atoms with van der Waals surface area (Å²) >= 11 is 0. The van der Waals surface area contributed by atoms with Crippen LogP contribution in [0.25, 0.3) is 0 Å². The third-order valence-electron chi connectivity index (χ3n) is 3.74. The molecule has 1 saturated carbocycles. The predicted octanol–water partition coefficient (Wildman–Crippen LogP) is 2.14. The van der Waals surface area contributed by atoms with Crippen molar-refractivity contribution in [1.82, 2.24) is 0 Å². The molecule has 0 aromatic carbocycles. The van der Waals surface area contributed by atoms with Gasteiger partial charge in [-0.15, -0.1) is 0 Å². The van der Waals surface area contributed by atoms with E-state index in [0.29, 0.717) is 12.5 Å². The van der Waals surface area contributed by atoms with Crippen molar-refractivity contribution in [2.75, 3.05) is 13.2 Å². The second kappa shape index (κ2) is 4.52. The van der Waals surface area contributed by atoms with Gasteiger partial charge in [-0.3, -0.25) is 0 Å². The monoisotopic (exact) mass is 211 g/mol. The van der Waals surface area contributed by atoms with Crippen molar-refractivity contribution in [3.8, 4) is 0 Å². The van der Waals surface area contributed by atoms with Crippen molar-refractivity contribution >= 4 is 5.90 Å². The largest absolute Gasteiger partial charge is 0.478 e. The Morgan fingerprint density at radius 2 is 2.13 bits per heavy atom. The standard InChI is InChI=1S/C12H21NO2/c1-2-12(8-14)9-15-11(13-12)10-6-4-3-5-7-10/h10,14H,2-9H2,1H3. The molecule has 0 aromatic heterocycles. The zero-order chi connectivity index (χ0) is 10.7. The van der Waals surface area contributed by atoms with Crippen LogP contribution in [0.4, 0.5) is 0 Å². The maximum absolute atomic E-state index is 9.35. The molecule has 15 heavy (non-hydrogen) atoms. The first-order valence-electron chi connectivity index (χ1n) is 6.13. The highest BCUT2D eigenvalue weighted by molar-refractivity contribution is 5.80. The van der Waals surface area contributed by atoms with Gasteiger partial charge >= 0.3 is 0 Å². The molecule has 1 aliphatic heterocycles. The number of rotatable bonds is 3. The molecule has 0 saturated heterocycles. The second-order valence-electron chi connectivity index (χ2n) is 4.81. The number of aliphatic hydroxyl groups excluding tert-OH is 1. The Bertz CT molecular complexity index is 240. The van der Waals surface area contributed by atoms with Crippen LogP contribution in [0, 0.1) is 5.92 Å². The quantitative estimate of drug-likeness (QED) is 0.777. The molecule has 86 valence electrons. The van der Waals surface area contributed by atoms with Gasteiger partial charge in [0.2, 0.25) is 0 Å². The van der Waals surface area contributed by atoms with Crippen molar-refractivity contribution in [2.45, 2.75) is 51.0 Å². The van der Waals surface area contributed by atoms with Gasteiger partial charge in [-0.1, -0.05) is 26.2 Å². The SMILES string of the molecule is CCC1(CO)COC(C2CCCCC2)=N1. The molecule has 2 rings (SSSR count). The van der Waals surface area contributed by atoms with Gasteiger partial charge in [-0.05, 0) is 19.3 Å². The predicted molar refractivity (Wildman–Crippen MR) is 60.1 cm³/mol. The highest BCUT2D eigenvalue weighted by atomic mass is 16.5. The fourth-order valence-corrected chi connectivity index (χ4v) is 2.44. The lowest BCUT2D eigenvalue weighted by Gasteiger charge is -2.20. The lowest BCUT2D eigenvalue weighted by atomic mass is 9.89. The maximum atomic E-state index is 9.35. The number of aliphatic hydroxyl groups is 1. The second-order valence-corrected chi connectivity index (χ2v) is 4.81. The van der Waals surface area contributed by atoms with E-state index in [1.54, 1.807) is 0 Å². The first kappa shape index (κ1) is 10.9. The van der Waals surface area contributed by atoms with Crippen molar-refractivity contribution in [1.29, 1.82) is 0 Å². The fraction of sp³-hybridized carbons (Fsp3) is 0.917. The molecule has 3 nitrogen and oxygen atoms in total. The van der Waals surface area contributed by atoms with E-state index in [4.69, 9.17) is 4.74 Å². The molecule has 1 atom stereocenters. The van der Waals surface area contributed by atoms with Crippen LogP contribution in [0.1, 0.15) is 45.4 Å². The van der Waals surface area contributed by atoms with Crippen molar-refractivity contribution < 1.29 is 9.84 Å². The number of hydrogen-bond donors (Lipinski definition) is 1. The number of nitrogens with zero attached hydrogens (tertiary/aromatic N) is 1. The Hall–Kier alpha value is -0.570. The van der Waals surface area contributed by atoms with Crippen LogP contribution in [-0.2, 0) is 4.74 Å². The van der Waals surface area contributed by atoms with E-state index in [2.05, 4.69) is 11.9 Å². The average molecular weight is 211 g/mol. The molecule has 1 aliphatic carbocycles. The maximum Gasteiger partial charge on any atom is 0.187 e. The normalized spacial score (nSPS) is 32.5. The molecule has 1 fully saturated rings. The van der Waals surface area contributed by atoms with E-state index < -0.39 is 0 Å². The molecule has 3 heteroatoms. The van der Waals surface area contributed by atoms with E-state index in [9.17, 15) is 5.11 Å². The summed E-state index contributed by atoms with van der Waals surface area (Å²) < 4.78 is 5.68. The zero-order valence-corrected chi connectivity index (χ0v) is 9.54. The highest BCUT2D eigenvalue weighted by Gasteiger charge is 2.37. The minimum absolute atomic E-state index is 0.111. The van der Waals surface area contributed by atoms with Gasteiger partial charge in [-0.2, -0.15) is 0 Å². The molecule has 1 heterocycles. The topological polar surface area (TPSA) is 41.8 Å². The van der Waals surface area contributed by atoms with Gasteiger partial charge in [0.05, 0.1) is 6.61 Å².